The fraction of sp³-hybridized carbons (Fsp3) is 0.261. The van der Waals surface area contributed by atoms with Crippen LogP contribution >= 0.6 is 12.4 Å². The van der Waals surface area contributed by atoms with E-state index in [0.717, 1.165) is 52.3 Å². The van der Waals surface area contributed by atoms with Crippen LogP contribution in [0.25, 0.3) is 28.2 Å². The number of aromatic amines is 1. The third kappa shape index (κ3) is 4.46. The summed E-state index contributed by atoms with van der Waals surface area (Å²) in [5.41, 5.74) is 3.75. The molecule has 0 spiro atoms. The van der Waals surface area contributed by atoms with Crippen molar-refractivity contribution < 1.29 is 13.9 Å². The molecule has 4 rings (SSSR count). The molecule has 2 aromatic carbocycles. The van der Waals surface area contributed by atoms with Crippen molar-refractivity contribution in [2.24, 2.45) is 5.92 Å². The third-order valence-corrected chi connectivity index (χ3v) is 5.14. The fourth-order valence-corrected chi connectivity index (χ4v) is 3.62. The van der Waals surface area contributed by atoms with Crippen molar-refractivity contribution in [1.82, 2.24) is 9.97 Å². The number of hydrogen-bond donors (Lipinski definition) is 1. The number of methoxy groups -OCH3 is 2. The molecule has 152 valence electrons. The van der Waals surface area contributed by atoms with E-state index in [1.807, 2.05) is 36.4 Å². The van der Waals surface area contributed by atoms with E-state index >= 15 is 0 Å². The second kappa shape index (κ2) is 9.14. The van der Waals surface area contributed by atoms with Gasteiger partial charge in [-0.05, 0) is 61.1 Å². The Labute approximate surface area is 175 Å². The number of hydrogen-bond acceptors (Lipinski definition) is 3. The number of rotatable bonds is 5. The lowest BCUT2D eigenvalue weighted by atomic mass is 9.93. The van der Waals surface area contributed by atoms with Crippen molar-refractivity contribution in [2.45, 2.75) is 19.3 Å². The minimum Gasteiger partial charge on any atom is -0.496 e. The molecule has 29 heavy (non-hydrogen) atoms. The van der Waals surface area contributed by atoms with Crippen molar-refractivity contribution in [3.8, 4) is 22.6 Å². The Balaban J connectivity index is 0.00000240. The zero-order chi connectivity index (χ0) is 19.5. The van der Waals surface area contributed by atoms with Gasteiger partial charge in [-0.2, -0.15) is 0 Å². The predicted molar refractivity (Wildman–Crippen MR) is 117 cm³/mol. The summed E-state index contributed by atoms with van der Waals surface area (Å²) in [7, 11) is 3.31. The molecule has 3 aromatic rings. The lowest BCUT2D eigenvalue weighted by Crippen LogP contribution is -2.00. The Bertz CT molecular complexity index is 1040. The molecule has 6 heteroatoms. The number of aromatic nitrogens is 2. The first kappa shape index (κ1) is 20.9. The number of benzene rings is 2. The number of fused-ring (bicyclic) bond motifs is 1. The van der Waals surface area contributed by atoms with E-state index in [4.69, 9.17) is 9.47 Å². The Kier molecular flexibility index (Phi) is 6.60. The molecule has 1 unspecified atom stereocenters. The molecule has 0 radical (unpaired) electrons. The van der Waals surface area contributed by atoms with Gasteiger partial charge in [0, 0.05) is 0 Å². The molecular weight excluding hydrogens is 391 g/mol. The van der Waals surface area contributed by atoms with Crippen LogP contribution in [-0.2, 0) is 0 Å². The average Bonchev–Trinajstić information content (AvgIpc) is 3.14. The second-order valence-electron chi connectivity index (χ2n) is 6.94. The summed E-state index contributed by atoms with van der Waals surface area (Å²) >= 11 is 0. The maximum atomic E-state index is 13.1. The fourth-order valence-electron chi connectivity index (χ4n) is 3.62. The van der Waals surface area contributed by atoms with E-state index in [1.165, 1.54) is 0 Å². The molecule has 0 aliphatic heterocycles. The second-order valence-corrected chi connectivity index (χ2v) is 6.94. The lowest BCUT2D eigenvalue weighted by Gasteiger charge is -2.14. The first-order chi connectivity index (χ1) is 13.7. The molecule has 1 aromatic heterocycles. The number of H-pyrrole nitrogens is 1. The molecule has 1 aliphatic rings. The van der Waals surface area contributed by atoms with Gasteiger partial charge >= 0.3 is 0 Å². The van der Waals surface area contributed by atoms with Crippen LogP contribution in [0.4, 0.5) is 4.39 Å². The molecule has 0 saturated carbocycles. The van der Waals surface area contributed by atoms with Gasteiger partial charge in [0.1, 0.15) is 17.3 Å². The van der Waals surface area contributed by atoms with Crippen molar-refractivity contribution in [3.05, 3.63) is 60.2 Å². The quantitative estimate of drug-likeness (QED) is 0.530. The van der Waals surface area contributed by atoms with Crippen LogP contribution in [-0.4, -0.2) is 24.2 Å². The molecule has 0 fully saturated rings. The molecule has 4 nitrogen and oxygen atoms in total. The van der Waals surface area contributed by atoms with Gasteiger partial charge in [0.15, 0.2) is 0 Å². The van der Waals surface area contributed by atoms with Crippen LogP contribution in [0, 0.1) is 5.92 Å². The van der Waals surface area contributed by atoms with Gasteiger partial charge < -0.3 is 14.5 Å². The lowest BCUT2D eigenvalue weighted by molar-refractivity contribution is 0.397. The van der Waals surface area contributed by atoms with Gasteiger partial charge in [-0.3, -0.25) is 0 Å². The number of nitrogens with one attached hydrogen (secondary N) is 1. The molecule has 1 aliphatic carbocycles. The molecule has 0 amide bonds. The number of imidazole rings is 1. The number of allylic oxidation sites excluding steroid dienone is 3. The van der Waals surface area contributed by atoms with Gasteiger partial charge in [0.05, 0.1) is 36.6 Å². The van der Waals surface area contributed by atoms with Crippen molar-refractivity contribution in [1.29, 1.82) is 0 Å². The number of nitrogens with zero attached hydrogens (tertiary/aromatic N) is 1. The maximum absolute atomic E-state index is 13.1. The van der Waals surface area contributed by atoms with Crippen molar-refractivity contribution in [3.63, 3.8) is 0 Å². The highest BCUT2D eigenvalue weighted by Gasteiger charge is 2.14. The minimum absolute atomic E-state index is 0. The Morgan fingerprint density at radius 1 is 1.14 bits per heavy atom. The zero-order valence-electron chi connectivity index (χ0n) is 16.4. The zero-order valence-corrected chi connectivity index (χ0v) is 17.3. The predicted octanol–water partition coefficient (Wildman–Crippen LogP) is 6.34. The normalized spacial score (nSPS) is 16.5. The number of ether oxygens (including phenoxy) is 2. The van der Waals surface area contributed by atoms with Gasteiger partial charge in [-0.1, -0.05) is 24.3 Å². The van der Waals surface area contributed by atoms with E-state index in [-0.39, 0.29) is 18.2 Å². The number of halogens is 2. The van der Waals surface area contributed by atoms with E-state index in [1.54, 1.807) is 20.3 Å². The van der Waals surface area contributed by atoms with E-state index in [9.17, 15) is 4.39 Å². The highest BCUT2D eigenvalue weighted by molar-refractivity contribution is 5.86. The molecule has 0 bridgehead atoms. The van der Waals surface area contributed by atoms with Gasteiger partial charge in [0.2, 0.25) is 0 Å². The van der Waals surface area contributed by atoms with E-state index in [0.29, 0.717) is 12.3 Å². The van der Waals surface area contributed by atoms with Crippen LogP contribution in [0.15, 0.2) is 54.4 Å². The molecule has 0 saturated heterocycles. The highest BCUT2D eigenvalue weighted by atomic mass is 35.5. The Morgan fingerprint density at radius 2 is 1.90 bits per heavy atom. The maximum Gasteiger partial charge on any atom is 0.130 e. The summed E-state index contributed by atoms with van der Waals surface area (Å²) < 4.78 is 24.2. The molecule has 1 heterocycles. The van der Waals surface area contributed by atoms with Crippen LogP contribution < -0.4 is 9.47 Å². The highest BCUT2D eigenvalue weighted by Crippen LogP contribution is 2.39. The SMILES string of the molecule is COc1cccc(OC)c1-c1ccc2nc(C=CC3CC=C(F)CC3)[nH]c2c1.Cl. The average molecular weight is 415 g/mol. The van der Waals surface area contributed by atoms with Crippen LogP contribution in [0.2, 0.25) is 0 Å². The summed E-state index contributed by atoms with van der Waals surface area (Å²) in [5, 5.41) is 0. The molecular formula is C23H24ClFN2O2. The standard InChI is InChI=1S/C23H23FN2O2.ClH/c1-27-20-4-3-5-21(28-2)23(20)16-9-12-18-19(14-16)26-22(25-18)13-8-15-6-10-17(24)11-7-15;/h3-5,8-10,12-15H,6-7,11H2,1-2H3,(H,25,26);1H. The summed E-state index contributed by atoms with van der Waals surface area (Å²) in [4.78, 5) is 8.00. The van der Waals surface area contributed by atoms with Crippen LogP contribution in [0.1, 0.15) is 25.1 Å². The largest absolute Gasteiger partial charge is 0.496 e. The summed E-state index contributed by atoms with van der Waals surface area (Å²) in [6, 6.07) is 11.8. The summed E-state index contributed by atoms with van der Waals surface area (Å²) in [6.07, 6.45) is 7.91. The molecule has 1 atom stereocenters. The van der Waals surface area contributed by atoms with Crippen molar-refractivity contribution in [2.75, 3.05) is 14.2 Å². The summed E-state index contributed by atoms with van der Waals surface area (Å²) in [5.74, 6) is 2.69. The monoisotopic (exact) mass is 414 g/mol. The van der Waals surface area contributed by atoms with Crippen LogP contribution in [0.5, 0.6) is 11.5 Å². The minimum atomic E-state index is 0. The Morgan fingerprint density at radius 3 is 2.55 bits per heavy atom. The smallest absolute Gasteiger partial charge is 0.130 e. The van der Waals surface area contributed by atoms with E-state index < -0.39 is 0 Å². The van der Waals surface area contributed by atoms with Gasteiger partial charge in [-0.25, -0.2) is 9.37 Å². The van der Waals surface area contributed by atoms with E-state index in [2.05, 4.69) is 22.1 Å². The first-order valence-electron chi connectivity index (χ1n) is 9.42. The van der Waals surface area contributed by atoms with Crippen LogP contribution in [0.3, 0.4) is 0 Å². The summed E-state index contributed by atoms with van der Waals surface area (Å²) in [6.45, 7) is 0. The third-order valence-electron chi connectivity index (χ3n) is 5.14. The topological polar surface area (TPSA) is 47.1 Å². The Hall–Kier alpha value is -2.79. The first-order valence-corrected chi connectivity index (χ1v) is 9.42. The van der Waals surface area contributed by atoms with Gasteiger partial charge in [-0.15, -0.1) is 12.4 Å². The van der Waals surface area contributed by atoms with Crippen molar-refractivity contribution >= 4 is 29.5 Å². The molecule has 1 N–H and O–H groups in total. The van der Waals surface area contributed by atoms with Gasteiger partial charge in [0.25, 0.3) is 0 Å².